The van der Waals surface area contributed by atoms with Crippen LogP contribution in [0.2, 0.25) is 0 Å². The first-order valence-corrected chi connectivity index (χ1v) is 9.97. The number of hydrogen-bond donors (Lipinski definition) is 1. The van der Waals surface area contributed by atoms with Gasteiger partial charge in [-0.05, 0) is 43.5 Å². The summed E-state index contributed by atoms with van der Waals surface area (Å²) in [7, 11) is 0. The predicted octanol–water partition coefficient (Wildman–Crippen LogP) is 4.60. The molecule has 3 aromatic rings. The molecule has 1 aliphatic rings. The number of carbonyl (C=O) groups excluding carboxylic acids is 1. The monoisotopic (exact) mass is 390 g/mol. The molecule has 0 fully saturated rings. The van der Waals surface area contributed by atoms with Crippen LogP contribution in [0.5, 0.6) is 11.5 Å². The molecule has 2 aromatic carbocycles. The second kappa shape index (κ2) is 7.66. The highest BCUT2D eigenvalue weighted by Crippen LogP contribution is 2.36. The summed E-state index contributed by atoms with van der Waals surface area (Å²) in [5.41, 5.74) is 12.7. The van der Waals surface area contributed by atoms with E-state index in [1.54, 1.807) is 0 Å². The Balaban J connectivity index is 1.86. The number of amides is 1. The summed E-state index contributed by atoms with van der Waals surface area (Å²) in [6, 6.07) is 14.3. The minimum Gasteiger partial charge on any atom is -0.454 e. The highest BCUT2D eigenvalue weighted by molar-refractivity contribution is 6.02. The summed E-state index contributed by atoms with van der Waals surface area (Å²) in [4.78, 5) is 12.4. The van der Waals surface area contributed by atoms with Gasteiger partial charge < -0.3 is 19.8 Å². The molecule has 4 rings (SSSR count). The number of ether oxygens (including phenoxy) is 2. The van der Waals surface area contributed by atoms with Gasteiger partial charge in [-0.25, -0.2) is 0 Å². The lowest BCUT2D eigenvalue weighted by Crippen LogP contribution is -2.13. The average molecular weight is 390 g/mol. The summed E-state index contributed by atoms with van der Waals surface area (Å²) in [6.45, 7) is 7.08. The van der Waals surface area contributed by atoms with Crippen molar-refractivity contribution in [3.8, 4) is 22.6 Å². The lowest BCUT2D eigenvalue weighted by Gasteiger charge is -2.13. The molecule has 0 atom stereocenters. The van der Waals surface area contributed by atoms with Crippen molar-refractivity contribution in [1.82, 2.24) is 4.57 Å². The first-order chi connectivity index (χ1) is 14.0. The van der Waals surface area contributed by atoms with Gasteiger partial charge in [-0.3, -0.25) is 4.79 Å². The third-order valence-electron chi connectivity index (χ3n) is 5.48. The molecule has 1 aromatic heterocycles. The van der Waals surface area contributed by atoms with Gasteiger partial charge in [0.2, 0.25) is 6.79 Å². The van der Waals surface area contributed by atoms with E-state index in [4.69, 9.17) is 15.2 Å². The Morgan fingerprint density at radius 3 is 2.48 bits per heavy atom. The third-order valence-corrected chi connectivity index (χ3v) is 5.48. The molecule has 5 heteroatoms. The molecule has 1 aliphatic heterocycles. The van der Waals surface area contributed by atoms with Crippen LogP contribution in [-0.2, 0) is 13.0 Å². The molecule has 0 aliphatic carbocycles. The number of fused-ring (bicyclic) bond motifs is 1. The SMILES string of the molecule is CCCc1c(-c2ccc(C)cc2)c(C(N)=O)c(C)n1Cc1ccc2c(c1)OCO2. The quantitative estimate of drug-likeness (QED) is 0.669. The summed E-state index contributed by atoms with van der Waals surface area (Å²) in [5.74, 6) is 1.14. The maximum Gasteiger partial charge on any atom is 0.251 e. The Bertz CT molecular complexity index is 1060. The number of nitrogens with zero attached hydrogens (tertiary/aromatic N) is 1. The number of rotatable bonds is 6. The number of hydrogen-bond acceptors (Lipinski definition) is 3. The number of nitrogens with two attached hydrogens (primary N) is 1. The van der Waals surface area contributed by atoms with Gasteiger partial charge in [0, 0.05) is 23.5 Å². The molecular weight excluding hydrogens is 364 g/mol. The smallest absolute Gasteiger partial charge is 0.251 e. The van der Waals surface area contributed by atoms with Crippen molar-refractivity contribution in [2.75, 3.05) is 6.79 Å². The molecule has 2 N–H and O–H groups in total. The Morgan fingerprint density at radius 1 is 1.07 bits per heavy atom. The molecule has 1 amide bonds. The van der Waals surface area contributed by atoms with E-state index < -0.39 is 0 Å². The lowest BCUT2D eigenvalue weighted by atomic mass is 9.97. The lowest BCUT2D eigenvalue weighted by molar-refractivity contribution is 0.1000. The number of aromatic nitrogens is 1. The fourth-order valence-corrected chi connectivity index (χ4v) is 4.06. The van der Waals surface area contributed by atoms with Crippen LogP contribution >= 0.6 is 0 Å². The average Bonchev–Trinajstić information content (AvgIpc) is 3.26. The first-order valence-electron chi connectivity index (χ1n) is 9.97. The Hall–Kier alpha value is -3.21. The van der Waals surface area contributed by atoms with Crippen molar-refractivity contribution in [3.63, 3.8) is 0 Å². The van der Waals surface area contributed by atoms with Gasteiger partial charge in [0.15, 0.2) is 11.5 Å². The highest BCUT2D eigenvalue weighted by atomic mass is 16.7. The fourth-order valence-electron chi connectivity index (χ4n) is 4.06. The van der Waals surface area contributed by atoms with E-state index in [9.17, 15) is 4.79 Å². The fraction of sp³-hybridized carbons (Fsp3) is 0.292. The van der Waals surface area contributed by atoms with E-state index in [1.165, 1.54) is 5.56 Å². The first kappa shape index (κ1) is 19.1. The molecule has 29 heavy (non-hydrogen) atoms. The second-order valence-corrected chi connectivity index (χ2v) is 7.54. The summed E-state index contributed by atoms with van der Waals surface area (Å²) >= 11 is 0. The topological polar surface area (TPSA) is 66.5 Å². The van der Waals surface area contributed by atoms with Gasteiger partial charge in [-0.2, -0.15) is 0 Å². The van der Waals surface area contributed by atoms with Crippen LogP contribution in [0.3, 0.4) is 0 Å². The minimum atomic E-state index is -0.389. The van der Waals surface area contributed by atoms with E-state index in [1.807, 2.05) is 25.1 Å². The van der Waals surface area contributed by atoms with E-state index in [0.717, 1.165) is 52.4 Å². The van der Waals surface area contributed by atoms with Crippen molar-refractivity contribution < 1.29 is 14.3 Å². The number of aryl methyl sites for hydroxylation is 1. The molecule has 0 radical (unpaired) electrons. The number of benzene rings is 2. The summed E-state index contributed by atoms with van der Waals surface area (Å²) in [6.07, 6.45) is 1.84. The largest absolute Gasteiger partial charge is 0.454 e. The number of carbonyl (C=O) groups is 1. The van der Waals surface area contributed by atoms with Crippen molar-refractivity contribution in [3.05, 3.63) is 70.5 Å². The maximum atomic E-state index is 12.4. The van der Waals surface area contributed by atoms with E-state index >= 15 is 0 Å². The third kappa shape index (κ3) is 3.48. The highest BCUT2D eigenvalue weighted by Gasteiger charge is 2.25. The van der Waals surface area contributed by atoms with Crippen LogP contribution in [0.4, 0.5) is 0 Å². The van der Waals surface area contributed by atoms with Crippen LogP contribution in [-0.4, -0.2) is 17.3 Å². The molecule has 0 saturated carbocycles. The Labute approximate surface area is 171 Å². The molecule has 150 valence electrons. The van der Waals surface area contributed by atoms with Crippen molar-refractivity contribution in [1.29, 1.82) is 0 Å². The van der Waals surface area contributed by atoms with Crippen LogP contribution < -0.4 is 15.2 Å². The summed E-state index contributed by atoms with van der Waals surface area (Å²) < 4.78 is 13.2. The standard InChI is InChI=1S/C24H26N2O3/c1-4-5-19-23(18-9-6-15(2)7-10-18)22(24(25)27)16(3)26(19)13-17-8-11-20-21(12-17)29-14-28-20/h6-12H,4-5,13-14H2,1-3H3,(H2,25,27). The molecule has 0 spiro atoms. The molecular formula is C24H26N2O3. The zero-order valence-corrected chi connectivity index (χ0v) is 17.1. The van der Waals surface area contributed by atoms with E-state index in [0.29, 0.717) is 12.1 Å². The maximum absolute atomic E-state index is 12.4. The molecule has 0 saturated heterocycles. The van der Waals surface area contributed by atoms with E-state index in [-0.39, 0.29) is 12.7 Å². The Morgan fingerprint density at radius 2 is 1.79 bits per heavy atom. The van der Waals surface area contributed by atoms with Crippen LogP contribution in [0, 0.1) is 13.8 Å². The van der Waals surface area contributed by atoms with Crippen molar-refractivity contribution in [2.45, 2.75) is 40.2 Å². The second-order valence-electron chi connectivity index (χ2n) is 7.54. The molecule has 0 unspecified atom stereocenters. The zero-order chi connectivity index (χ0) is 20.5. The Kier molecular flexibility index (Phi) is 5.05. The minimum absolute atomic E-state index is 0.256. The summed E-state index contributed by atoms with van der Waals surface area (Å²) in [5, 5.41) is 0. The zero-order valence-electron chi connectivity index (χ0n) is 17.1. The number of primary amides is 1. The molecule has 0 bridgehead atoms. The van der Waals surface area contributed by atoms with Gasteiger partial charge in [-0.15, -0.1) is 0 Å². The van der Waals surface area contributed by atoms with Gasteiger partial charge in [0.05, 0.1) is 5.56 Å². The van der Waals surface area contributed by atoms with Gasteiger partial charge in [-0.1, -0.05) is 49.2 Å². The molecule has 5 nitrogen and oxygen atoms in total. The van der Waals surface area contributed by atoms with Gasteiger partial charge >= 0.3 is 0 Å². The van der Waals surface area contributed by atoms with Gasteiger partial charge in [0.1, 0.15) is 0 Å². The van der Waals surface area contributed by atoms with Crippen LogP contribution in [0.1, 0.15) is 46.2 Å². The van der Waals surface area contributed by atoms with E-state index in [2.05, 4.69) is 42.7 Å². The van der Waals surface area contributed by atoms with Gasteiger partial charge in [0.25, 0.3) is 5.91 Å². The van der Waals surface area contributed by atoms with Crippen molar-refractivity contribution in [2.24, 2.45) is 5.73 Å². The van der Waals surface area contributed by atoms with Crippen LogP contribution in [0.15, 0.2) is 42.5 Å². The predicted molar refractivity (Wildman–Crippen MR) is 114 cm³/mol. The van der Waals surface area contributed by atoms with Crippen LogP contribution in [0.25, 0.3) is 11.1 Å². The molecule has 2 heterocycles. The normalized spacial score (nSPS) is 12.4. The van der Waals surface area contributed by atoms with Crippen molar-refractivity contribution >= 4 is 5.91 Å².